The van der Waals surface area contributed by atoms with Crippen LogP contribution in [0.15, 0.2) is 0 Å². The van der Waals surface area contributed by atoms with Gasteiger partial charge in [0.15, 0.2) is 0 Å². The van der Waals surface area contributed by atoms with E-state index in [1.807, 2.05) is 0 Å². The van der Waals surface area contributed by atoms with E-state index in [1.54, 1.807) is 0 Å². The molecule has 0 fully saturated rings. The molecule has 0 spiro atoms. The minimum Gasteiger partial charge on any atom is 1.00 e. The van der Waals surface area contributed by atoms with Crippen LogP contribution in [0.1, 0.15) is 77.6 Å². The van der Waals surface area contributed by atoms with Crippen LogP contribution >= 0.6 is 0 Å². The fraction of sp³-hybridized carbons (Fsp3) is 1.00. The molecule has 0 aromatic heterocycles. The molecule has 0 rings (SSSR count). The fourth-order valence-corrected chi connectivity index (χ4v) is 4.40. The number of rotatable bonds is 16. The molecule has 0 radical (unpaired) electrons. The zero-order valence-electron chi connectivity index (χ0n) is 14.3. The van der Waals surface area contributed by atoms with E-state index in [0.717, 1.165) is 5.32 Å². The minimum absolute atomic E-state index is 0. The van der Waals surface area contributed by atoms with Crippen molar-refractivity contribution < 1.29 is 46.7 Å². The van der Waals surface area contributed by atoms with Crippen LogP contribution in [-0.4, -0.2) is 34.5 Å². The predicted octanol–water partition coefficient (Wildman–Crippen LogP) is 1.32. The Kier molecular flexibility index (Phi) is 21.8. The van der Waals surface area contributed by atoms with Gasteiger partial charge in [0, 0.05) is 0 Å². The summed E-state index contributed by atoms with van der Waals surface area (Å²) in [5.74, 6) is 0. The van der Waals surface area contributed by atoms with Crippen LogP contribution in [-0.2, 0) is 14.6 Å². The van der Waals surface area contributed by atoms with E-state index in [-0.39, 0.29) is 36.2 Å². The Balaban J connectivity index is 0. The van der Waals surface area contributed by atoms with Gasteiger partial charge in [-0.05, 0) is 0 Å². The van der Waals surface area contributed by atoms with Gasteiger partial charge in [-0.15, -0.1) is 0 Å². The Morgan fingerprint density at radius 3 is 1.77 bits per heavy atom. The molecule has 0 aliphatic heterocycles. The smallest absolute Gasteiger partial charge is 1.00 e. The summed E-state index contributed by atoms with van der Waals surface area (Å²) in [5, 5.41) is 2.26. The van der Waals surface area contributed by atoms with E-state index >= 15 is 0 Å². The molecule has 0 heterocycles. The molecule has 7 heteroatoms. The molecule has 22 heavy (non-hydrogen) atoms. The molecule has 128 valence electrons. The van der Waals surface area contributed by atoms with Crippen molar-refractivity contribution in [3.8, 4) is 0 Å². The van der Waals surface area contributed by atoms with Gasteiger partial charge in [-0.25, -0.2) is 0 Å². The zero-order valence-corrected chi connectivity index (χ0v) is 18.9. The fourth-order valence-electron chi connectivity index (χ4n) is 2.12. The normalized spacial score (nSPS) is 11.4. The predicted molar refractivity (Wildman–Crippen MR) is 87.5 cm³/mol. The summed E-state index contributed by atoms with van der Waals surface area (Å²) >= 11 is 0.566. The van der Waals surface area contributed by atoms with Crippen molar-refractivity contribution in [1.29, 1.82) is 0 Å². The van der Waals surface area contributed by atoms with Crippen LogP contribution in [0.25, 0.3) is 0 Å². The van der Waals surface area contributed by atoms with Gasteiger partial charge in [0.1, 0.15) is 0 Å². The first kappa shape index (κ1) is 25.6. The third kappa shape index (κ3) is 23.7. The molecule has 0 amide bonds. The van der Waals surface area contributed by atoms with Gasteiger partial charge in [0.2, 0.25) is 0 Å². The first-order valence-electron chi connectivity index (χ1n) is 8.24. The minimum atomic E-state index is -4.49. The summed E-state index contributed by atoms with van der Waals surface area (Å²) in [6, 6.07) is 0. The SMILES string of the molecule is CCCCCCCCCCCC[Se]CCCOS(=O)(=O)[O-].[Na+]. The van der Waals surface area contributed by atoms with E-state index in [4.69, 9.17) is 0 Å². The molecule has 0 aliphatic rings. The second-order valence-electron chi connectivity index (χ2n) is 5.38. The van der Waals surface area contributed by atoms with Gasteiger partial charge in [-0.2, -0.15) is 0 Å². The zero-order chi connectivity index (χ0) is 15.8. The maximum atomic E-state index is 10.2. The summed E-state index contributed by atoms with van der Waals surface area (Å²) < 4.78 is 34.7. The third-order valence-corrected chi connectivity index (χ3v) is 6.18. The van der Waals surface area contributed by atoms with Crippen molar-refractivity contribution in [2.24, 2.45) is 0 Å². The van der Waals surface area contributed by atoms with E-state index in [9.17, 15) is 13.0 Å². The van der Waals surface area contributed by atoms with Crippen molar-refractivity contribution in [1.82, 2.24) is 0 Å². The standard InChI is InChI=1S/C15H32O4SSe.Na/c1-2-3-4-5-6-7-8-9-10-11-14-21-15-12-13-19-20(16,17)18;/h2-15H2,1H3,(H,16,17,18);/q;+1/p-1. The Morgan fingerprint density at radius 2 is 1.27 bits per heavy atom. The molecular weight excluding hydrogens is 378 g/mol. The Labute approximate surface area is 165 Å². The second-order valence-corrected chi connectivity index (χ2v) is 9.00. The van der Waals surface area contributed by atoms with Gasteiger partial charge in [0.25, 0.3) is 0 Å². The first-order valence-corrected chi connectivity index (χ1v) is 12.0. The molecule has 0 saturated heterocycles. The number of hydrogen-bond donors (Lipinski definition) is 0. The van der Waals surface area contributed by atoms with Gasteiger partial charge in [-0.1, -0.05) is 0 Å². The van der Waals surface area contributed by atoms with Crippen molar-refractivity contribution in [3.05, 3.63) is 0 Å². The third-order valence-electron chi connectivity index (χ3n) is 3.30. The first-order chi connectivity index (χ1) is 10.1. The van der Waals surface area contributed by atoms with E-state index in [2.05, 4.69) is 11.1 Å². The van der Waals surface area contributed by atoms with E-state index < -0.39 is 10.4 Å². The van der Waals surface area contributed by atoms with Crippen LogP contribution in [0.4, 0.5) is 0 Å². The van der Waals surface area contributed by atoms with E-state index in [0.29, 0.717) is 21.4 Å². The van der Waals surface area contributed by atoms with Crippen molar-refractivity contribution in [3.63, 3.8) is 0 Å². The molecule has 0 unspecified atom stereocenters. The Hall–Kier alpha value is 1.39. The summed E-state index contributed by atoms with van der Waals surface area (Å²) in [4.78, 5) is 0. The Bertz CT molecular complexity index is 313. The van der Waals surface area contributed by atoms with Crippen LogP contribution in [0, 0.1) is 0 Å². The largest absolute Gasteiger partial charge is 1.00 e. The maximum Gasteiger partial charge on any atom is 1.00 e. The summed E-state index contributed by atoms with van der Waals surface area (Å²) in [7, 11) is -4.49. The van der Waals surface area contributed by atoms with E-state index in [1.165, 1.54) is 69.5 Å². The molecule has 0 aromatic rings. The molecule has 0 bridgehead atoms. The summed E-state index contributed by atoms with van der Waals surface area (Å²) in [6.45, 7) is 2.30. The summed E-state index contributed by atoms with van der Waals surface area (Å²) in [6.07, 6.45) is 14.3. The average Bonchev–Trinajstić information content (AvgIpc) is 2.42. The van der Waals surface area contributed by atoms with Crippen LogP contribution in [0.5, 0.6) is 0 Å². The molecule has 0 atom stereocenters. The van der Waals surface area contributed by atoms with Gasteiger partial charge >= 0.3 is 167 Å². The van der Waals surface area contributed by atoms with Crippen LogP contribution in [0.3, 0.4) is 0 Å². The topological polar surface area (TPSA) is 66.4 Å². The van der Waals surface area contributed by atoms with Crippen molar-refractivity contribution in [2.75, 3.05) is 6.61 Å². The van der Waals surface area contributed by atoms with Gasteiger partial charge in [0.05, 0.1) is 0 Å². The molecule has 0 aromatic carbocycles. The molecular formula is C15H31NaO4SSe. The number of unbranched alkanes of at least 4 members (excludes halogenated alkanes) is 9. The Morgan fingerprint density at radius 1 is 0.818 bits per heavy atom. The maximum absolute atomic E-state index is 10.2. The monoisotopic (exact) mass is 410 g/mol. The molecule has 0 aliphatic carbocycles. The van der Waals surface area contributed by atoms with Crippen LogP contribution in [0.2, 0.25) is 10.6 Å². The van der Waals surface area contributed by atoms with Crippen molar-refractivity contribution in [2.45, 2.75) is 88.2 Å². The molecule has 0 saturated carbocycles. The molecule has 0 N–H and O–H groups in total. The van der Waals surface area contributed by atoms with Crippen molar-refractivity contribution >= 4 is 25.4 Å². The summed E-state index contributed by atoms with van der Waals surface area (Å²) in [5.41, 5.74) is 0. The second kappa shape index (κ2) is 18.7. The number of hydrogen-bond acceptors (Lipinski definition) is 4. The van der Waals surface area contributed by atoms with Gasteiger partial charge < -0.3 is 0 Å². The quantitative estimate of drug-likeness (QED) is 0.167. The molecule has 4 nitrogen and oxygen atoms in total. The van der Waals surface area contributed by atoms with Crippen LogP contribution < -0.4 is 29.6 Å². The van der Waals surface area contributed by atoms with Gasteiger partial charge in [-0.3, -0.25) is 0 Å². The average molecular weight is 409 g/mol.